The van der Waals surface area contributed by atoms with Crippen molar-refractivity contribution in [1.29, 1.82) is 0 Å². The maximum atomic E-state index is 12.4. The Morgan fingerprint density at radius 3 is 2.82 bits per heavy atom. The largest absolute Gasteiger partial charge is 0.490 e. The van der Waals surface area contributed by atoms with Crippen LogP contribution in [0.1, 0.15) is 5.56 Å². The highest BCUT2D eigenvalue weighted by molar-refractivity contribution is 6.31. The number of hydrogen-bond acceptors (Lipinski definition) is 3. The number of ether oxygens (including phenoxy) is 2. The molecule has 4 nitrogen and oxygen atoms in total. The number of rotatable bonds is 3. The van der Waals surface area contributed by atoms with E-state index in [2.05, 4.69) is 0 Å². The highest BCUT2D eigenvalue weighted by Crippen LogP contribution is 2.34. The molecule has 0 spiro atoms. The van der Waals surface area contributed by atoms with Gasteiger partial charge in [0.1, 0.15) is 18.1 Å². The minimum atomic E-state index is -0.118. The third-order valence-corrected chi connectivity index (χ3v) is 3.70. The molecule has 0 saturated carbocycles. The lowest BCUT2D eigenvalue weighted by atomic mass is 10.2. The molecule has 114 valence electrons. The number of hydrogen-bond donors (Lipinski definition) is 0. The number of benzene rings is 2. The molecular formula is C17H16ClNO3. The molecule has 0 aromatic heterocycles. The Bertz CT molecular complexity index is 685. The van der Waals surface area contributed by atoms with Crippen LogP contribution in [0.25, 0.3) is 0 Å². The molecule has 0 aliphatic carbocycles. The molecule has 0 saturated heterocycles. The summed E-state index contributed by atoms with van der Waals surface area (Å²) in [5.41, 5.74) is 1.84. The van der Waals surface area contributed by atoms with Crippen LogP contribution in [0.2, 0.25) is 5.02 Å². The number of aryl methyl sites for hydroxylation is 1. The lowest BCUT2D eigenvalue weighted by Crippen LogP contribution is -2.40. The van der Waals surface area contributed by atoms with Gasteiger partial charge in [-0.1, -0.05) is 29.3 Å². The predicted molar refractivity (Wildman–Crippen MR) is 86.0 cm³/mol. The maximum absolute atomic E-state index is 12.4. The second-order valence-electron chi connectivity index (χ2n) is 5.11. The van der Waals surface area contributed by atoms with Crippen molar-refractivity contribution in [2.75, 3.05) is 24.7 Å². The Labute approximate surface area is 134 Å². The summed E-state index contributed by atoms with van der Waals surface area (Å²) in [5, 5.41) is 0.571. The number of nitrogens with zero attached hydrogens (tertiary/aromatic N) is 1. The fourth-order valence-electron chi connectivity index (χ4n) is 2.31. The molecule has 22 heavy (non-hydrogen) atoms. The molecule has 1 aliphatic rings. The van der Waals surface area contributed by atoms with Crippen molar-refractivity contribution in [3.05, 3.63) is 53.1 Å². The summed E-state index contributed by atoms with van der Waals surface area (Å²) in [6.07, 6.45) is 0. The Morgan fingerprint density at radius 1 is 1.27 bits per heavy atom. The van der Waals surface area contributed by atoms with Crippen molar-refractivity contribution in [3.63, 3.8) is 0 Å². The van der Waals surface area contributed by atoms with Crippen LogP contribution in [-0.2, 0) is 4.79 Å². The Balaban J connectivity index is 1.71. The summed E-state index contributed by atoms with van der Waals surface area (Å²) in [4.78, 5) is 14.1. The zero-order chi connectivity index (χ0) is 15.5. The Hall–Kier alpha value is -2.20. The summed E-state index contributed by atoms with van der Waals surface area (Å²) in [6.45, 7) is 2.94. The normalized spacial score (nSPS) is 13.3. The van der Waals surface area contributed by atoms with E-state index in [1.54, 1.807) is 23.1 Å². The van der Waals surface area contributed by atoms with Gasteiger partial charge in [-0.3, -0.25) is 4.79 Å². The lowest BCUT2D eigenvalue weighted by molar-refractivity contribution is -0.120. The molecule has 0 radical (unpaired) electrons. The van der Waals surface area contributed by atoms with E-state index in [1.807, 2.05) is 31.2 Å². The van der Waals surface area contributed by atoms with Crippen LogP contribution in [0.5, 0.6) is 11.5 Å². The van der Waals surface area contributed by atoms with Crippen molar-refractivity contribution in [3.8, 4) is 11.5 Å². The van der Waals surface area contributed by atoms with E-state index < -0.39 is 0 Å². The van der Waals surface area contributed by atoms with Crippen molar-refractivity contribution < 1.29 is 14.3 Å². The third kappa shape index (κ3) is 3.17. The van der Waals surface area contributed by atoms with Gasteiger partial charge in [0, 0.05) is 5.02 Å². The summed E-state index contributed by atoms with van der Waals surface area (Å²) in [7, 11) is 0. The second kappa shape index (κ2) is 6.28. The quantitative estimate of drug-likeness (QED) is 0.870. The number of fused-ring (bicyclic) bond motifs is 1. The molecule has 0 unspecified atom stereocenters. The van der Waals surface area contributed by atoms with Crippen LogP contribution in [0.15, 0.2) is 42.5 Å². The molecule has 2 aromatic carbocycles. The van der Waals surface area contributed by atoms with Gasteiger partial charge in [0.15, 0.2) is 6.61 Å². The maximum Gasteiger partial charge on any atom is 0.265 e. The average Bonchev–Trinajstić information content (AvgIpc) is 2.53. The van der Waals surface area contributed by atoms with Crippen LogP contribution in [-0.4, -0.2) is 25.7 Å². The summed E-state index contributed by atoms with van der Waals surface area (Å²) >= 11 is 6.01. The lowest BCUT2D eigenvalue weighted by Gasteiger charge is -2.29. The minimum absolute atomic E-state index is 0.0188. The molecule has 0 atom stereocenters. The smallest absolute Gasteiger partial charge is 0.265 e. The Kier molecular flexibility index (Phi) is 4.20. The molecule has 1 heterocycles. The molecular weight excluding hydrogens is 302 g/mol. The predicted octanol–water partition coefficient (Wildman–Crippen LogP) is 3.45. The van der Waals surface area contributed by atoms with Crippen molar-refractivity contribution >= 4 is 23.2 Å². The molecule has 1 aliphatic heterocycles. The van der Waals surface area contributed by atoms with E-state index in [0.717, 1.165) is 5.56 Å². The zero-order valence-electron chi connectivity index (χ0n) is 12.2. The van der Waals surface area contributed by atoms with Crippen LogP contribution in [0.4, 0.5) is 5.69 Å². The van der Waals surface area contributed by atoms with E-state index in [1.165, 1.54) is 0 Å². The molecule has 5 heteroatoms. The monoisotopic (exact) mass is 317 g/mol. The van der Waals surface area contributed by atoms with Gasteiger partial charge >= 0.3 is 0 Å². The van der Waals surface area contributed by atoms with Crippen LogP contribution in [0.3, 0.4) is 0 Å². The third-order valence-electron chi connectivity index (χ3n) is 3.47. The van der Waals surface area contributed by atoms with Crippen LogP contribution < -0.4 is 14.4 Å². The van der Waals surface area contributed by atoms with E-state index in [-0.39, 0.29) is 12.5 Å². The first kappa shape index (κ1) is 14.7. The van der Waals surface area contributed by atoms with Gasteiger partial charge in [0.2, 0.25) is 0 Å². The van der Waals surface area contributed by atoms with Gasteiger partial charge < -0.3 is 14.4 Å². The molecule has 0 bridgehead atoms. The van der Waals surface area contributed by atoms with Gasteiger partial charge in [-0.25, -0.2) is 0 Å². The van der Waals surface area contributed by atoms with Gasteiger partial charge in [-0.2, -0.15) is 0 Å². The molecule has 3 rings (SSSR count). The number of halogens is 1. The topological polar surface area (TPSA) is 38.8 Å². The highest BCUT2D eigenvalue weighted by Gasteiger charge is 2.24. The van der Waals surface area contributed by atoms with E-state index in [0.29, 0.717) is 35.4 Å². The first-order valence-electron chi connectivity index (χ1n) is 7.06. The van der Waals surface area contributed by atoms with E-state index in [4.69, 9.17) is 21.1 Å². The first-order valence-corrected chi connectivity index (χ1v) is 7.43. The molecule has 0 fully saturated rings. The molecule has 2 aromatic rings. The van der Waals surface area contributed by atoms with Crippen molar-refractivity contribution in [2.45, 2.75) is 6.92 Å². The first-order chi connectivity index (χ1) is 10.6. The van der Waals surface area contributed by atoms with Crippen LogP contribution >= 0.6 is 11.6 Å². The highest BCUT2D eigenvalue weighted by atomic mass is 35.5. The van der Waals surface area contributed by atoms with Gasteiger partial charge in [-0.05, 0) is 37.3 Å². The van der Waals surface area contributed by atoms with Crippen molar-refractivity contribution in [1.82, 2.24) is 0 Å². The summed E-state index contributed by atoms with van der Waals surface area (Å²) < 4.78 is 11.1. The SMILES string of the molecule is Cc1ccc(OCC(=O)N2CCOc3ccc(Cl)cc32)cc1. The minimum Gasteiger partial charge on any atom is -0.490 e. The standard InChI is InChI=1S/C17H16ClNO3/c1-12-2-5-14(6-3-12)22-11-17(20)19-8-9-21-16-7-4-13(18)10-15(16)19/h2-7,10H,8-9,11H2,1H3. The van der Waals surface area contributed by atoms with E-state index >= 15 is 0 Å². The zero-order valence-corrected chi connectivity index (χ0v) is 13.0. The fraction of sp³-hybridized carbons (Fsp3) is 0.235. The second-order valence-corrected chi connectivity index (χ2v) is 5.54. The number of carbonyl (C=O) groups is 1. The van der Waals surface area contributed by atoms with Gasteiger partial charge in [-0.15, -0.1) is 0 Å². The number of amides is 1. The molecule has 0 N–H and O–H groups in total. The summed E-state index contributed by atoms with van der Waals surface area (Å²) in [5.74, 6) is 1.23. The van der Waals surface area contributed by atoms with Gasteiger partial charge in [0.05, 0.1) is 12.2 Å². The summed E-state index contributed by atoms with van der Waals surface area (Å²) in [6, 6.07) is 12.9. The number of anilines is 1. The number of carbonyl (C=O) groups excluding carboxylic acids is 1. The van der Waals surface area contributed by atoms with Gasteiger partial charge in [0.25, 0.3) is 5.91 Å². The fourth-order valence-corrected chi connectivity index (χ4v) is 2.47. The Morgan fingerprint density at radius 2 is 2.05 bits per heavy atom. The van der Waals surface area contributed by atoms with Crippen LogP contribution in [0, 0.1) is 6.92 Å². The van der Waals surface area contributed by atoms with E-state index in [9.17, 15) is 4.79 Å². The van der Waals surface area contributed by atoms with Crippen molar-refractivity contribution in [2.24, 2.45) is 0 Å². The average molecular weight is 318 g/mol. The molecule has 1 amide bonds.